The van der Waals surface area contributed by atoms with Gasteiger partial charge in [-0.25, -0.2) is 0 Å². The number of aromatic nitrogens is 3. The first kappa shape index (κ1) is 17.0. The number of carbonyl (C=O) groups is 1. The molecule has 1 aromatic carbocycles. The predicted octanol–water partition coefficient (Wildman–Crippen LogP) is 2.55. The number of carbonyl (C=O) groups excluding carboxylic acids is 1. The van der Waals surface area contributed by atoms with Gasteiger partial charge in [0.05, 0.1) is 18.9 Å². The second kappa shape index (κ2) is 7.81. The Labute approximate surface area is 146 Å². The van der Waals surface area contributed by atoms with Crippen LogP contribution in [0.3, 0.4) is 0 Å². The highest BCUT2D eigenvalue weighted by Crippen LogP contribution is 2.24. The van der Waals surface area contributed by atoms with Crippen molar-refractivity contribution in [1.29, 1.82) is 0 Å². The molecule has 128 valence electrons. The lowest BCUT2D eigenvalue weighted by molar-refractivity contribution is -0.136. The lowest BCUT2D eigenvalue weighted by atomic mass is 10.1. The van der Waals surface area contributed by atoms with Crippen LogP contribution in [0.1, 0.15) is 31.6 Å². The van der Waals surface area contributed by atoms with Crippen LogP contribution >= 0.6 is 11.8 Å². The van der Waals surface area contributed by atoms with Crippen molar-refractivity contribution in [2.75, 3.05) is 25.4 Å². The Balaban J connectivity index is 1.58. The van der Waals surface area contributed by atoms with E-state index in [1.165, 1.54) is 11.8 Å². The molecule has 0 aliphatic carbocycles. The first-order chi connectivity index (χ1) is 11.6. The Hall–Kier alpha value is -1.86. The van der Waals surface area contributed by atoms with Crippen molar-refractivity contribution in [3.8, 4) is 0 Å². The monoisotopic (exact) mass is 346 g/mol. The minimum absolute atomic E-state index is 0.0479. The Kier molecular flexibility index (Phi) is 5.52. The quantitative estimate of drug-likeness (QED) is 0.779. The van der Waals surface area contributed by atoms with Crippen LogP contribution in [-0.4, -0.2) is 51.0 Å². The van der Waals surface area contributed by atoms with Crippen LogP contribution in [0.2, 0.25) is 0 Å². The highest BCUT2D eigenvalue weighted by Gasteiger charge is 2.25. The van der Waals surface area contributed by atoms with Gasteiger partial charge in [-0.1, -0.05) is 42.1 Å². The number of hydrogen-bond donors (Lipinski definition) is 0. The molecule has 0 bridgehead atoms. The number of benzene rings is 1. The normalized spacial score (nSPS) is 18.1. The van der Waals surface area contributed by atoms with Crippen molar-refractivity contribution >= 4 is 17.7 Å². The van der Waals surface area contributed by atoms with Crippen LogP contribution in [0.15, 0.2) is 41.8 Å². The van der Waals surface area contributed by atoms with Gasteiger partial charge >= 0.3 is 0 Å². The number of rotatable bonds is 5. The van der Waals surface area contributed by atoms with E-state index >= 15 is 0 Å². The standard InChI is InChI=1S/C17H22N4O2S/c1-13(2)21-12-18-19-17(21)24-11-16(22)20-8-9-23-15(10-20)14-6-4-3-5-7-14/h3-7,12-13,15H,8-11H2,1-2H3. The minimum Gasteiger partial charge on any atom is -0.370 e. The largest absolute Gasteiger partial charge is 0.370 e. The second-order valence-corrected chi connectivity index (χ2v) is 6.96. The molecule has 0 spiro atoms. The summed E-state index contributed by atoms with van der Waals surface area (Å²) in [6, 6.07) is 10.3. The maximum Gasteiger partial charge on any atom is 0.233 e. The fraction of sp³-hybridized carbons (Fsp3) is 0.471. The molecule has 1 aliphatic heterocycles. The molecular weight excluding hydrogens is 324 g/mol. The second-order valence-electron chi connectivity index (χ2n) is 6.01. The van der Waals surface area contributed by atoms with E-state index in [-0.39, 0.29) is 18.1 Å². The number of hydrogen-bond acceptors (Lipinski definition) is 5. The summed E-state index contributed by atoms with van der Waals surface area (Å²) < 4.78 is 7.79. The molecule has 1 amide bonds. The Morgan fingerprint density at radius 1 is 1.38 bits per heavy atom. The van der Waals surface area contributed by atoms with E-state index in [2.05, 4.69) is 24.0 Å². The van der Waals surface area contributed by atoms with Gasteiger partial charge in [0.1, 0.15) is 12.4 Å². The zero-order chi connectivity index (χ0) is 16.9. The smallest absolute Gasteiger partial charge is 0.233 e. The summed E-state index contributed by atoms with van der Waals surface area (Å²) in [5, 5.41) is 8.81. The van der Waals surface area contributed by atoms with Gasteiger partial charge in [0.25, 0.3) is 0 Å². The van der Waals surface area contributed by atoms with Gasteiger partial charge < -0.3 is 14.2 Å². The van der Waals surface area contributed by atoms with Crippen molar-refractivity contribution in [1.82, 2.24) is 19.7 Å². The van der Waals surface area contributed by atoms with Gasteiger partial charge in [-0.05, 0) is 19.4 Å². The third-order valence-corrected chi connectivity index (χ3v) is 4.95. The lowest BCUT2D eigenvalue weighted by Crippen LogP contribution is -2.43. The maximum atomic E-state index is 12.5. The molecule has 3 rings (SSSR count). The molecule has 2 aromatic rings. The van der Waals surface area contributed by atoms with Crippen molar-refractivity contribution in [2.24, 2.45) is 0 Å². The Bertz CT molecular complexity index is 674. The predicted molar refractivity (Wildman–Crippen MR) is 92.8 cm³/mol. The first-order valence-electron chi connectivity index (χ1n) is 8.12. The fourth-order valence-electron chi connectivity index (χ4n) is 2.65. The molecule has 24 heavy (non-hydrogen) atoms. The molecule has 1 aliphatic rings. The van der Waals surface area contributed by atoms with E-state index in [4.69, 9.17) is 4.74 Å². The van der Waals surface area contributed by atoms with E-state index in [9.17, 15) is 4.79 Å². The summed E-state index contributed by atoms with van der Waals surface area (Å²) in [4.78, 5) is 14.4. The number of thioether (sulfide) groups is 1. The molecule has 0 N–H and O–H groups in total. The molecule has 1 unspecified atom stereocenters. The summed E-state index contributed by atoms with van der Waals surface area (Å²) in [7, 11) is 0. The summed E-state index contributed by atoms with van der Waals surface area (Å²) in [6.45, 7) is 5.95. The summed E-state index contributed by atoms with van der Waals surface area (Å²) >= 11 is 1.44. The van der Waals surface area contributed by atoms with Crippen LogP contribution in [0.5, 0.6) is 0 Å². The first-order valence-corrected chi connectivity index (χ1v) is 9.10. The molecule has 0 radical (unpaired) electrons. The molecule has 1 saturated heterocycles. The summed E-state index contributed by atoms with van der Waals surface area (Å²) in [5.41, 5.74) is 1.11. The van der Waals surface area contributed by atoms with E-state index in [1.54, 1.807) is 6.33 Å². The molecule has 0 saturated carbocycles. The highest BCUT2D eigenvalue weighted by molar-refractivity contribution is 7.99. The van der Waals surface area contributed by atoms with Crippen LogP contribution in [-0.2, 0) is 9.53 Å². The third kappa shape index (κ3) is 3.96. The SMILES string of the molecule is CC(C)n1cnnc1SCC(=O)N1CCOC(c2ccccc2)C1. The van der Waals surface area contributed by atoms with Gasteiger partial charge in [-0.2, -0.15) is 0 Å². The topological polar surface area (TPSA) is 60.2 Å². The van der Waals surface area contributed by atoms with Crippen molar-refractivity contribution < 1.29 is 9.53 Å². The Morgan fingerprint density at radius 3 is 2.92 bits per heavy atom. The average molecular weight is 346 g/mol. The van der Waals surface area contributed by atoms with E-state index in [1.807, 2.05) is 39.8 Å². The zero-order valence-electron chi connectivity index (χ0n) is 14.0. The van der Waals surface area contributed by atoms with Gasteiger partial charge in [-0.15, -0.1) is 10.2 Å². The van der Waals surface area contributed by atoms with Crippen LogP contribution in [0, 0.1) is 0 Å². The van der Waals surface area contributed by atoms with Crippen molar-refractivity contribution in [3.05, 3.63) is 42.2 Å². The van der Waals surface area contributed by atoms with Crippen LogP contribution in [0.4, 0.5) is 0 Å². The van der Waals surface area contributed by atoms with Gasteiger partial charge in [0, 0.05) is 12.6 Å². The molecule has 1 atom stereocenters. The van der Waals surface area contributed by atoms with Crippen LogP contribution < -0.4 is 0 Å². The third-order valence-electron chi connectivity index (χ3n) is 4.01. The molecule has 6 nitrogen and oxygen atoms in total. The highest BCUT2D eigenvalue weighted by atomic mass is 32.2. The summed E-state index contributed by atoms with van der Waals surface area (Å²) in [6.07, 6.45) is 1.66. The Morgan fingerprint density at radius 2 is 2.17 bits per heavy atom. The van der Waals surface area contributed by atoms with Gasteiger partial charge in [0.2, 0.25) is 5.91 Å². The molecular formula is C17H22N4O2S. The molecule has 2 heterocycles. The lowest BCUT2D eigenvalue weighted by Gasteiger charge is -2.33. The van der Waals surface area contributed by atoms with E-state index < -0.39 is 0 Å². The number of ether oxygens (including phenoxy) is 1. The molecule has 1 aromatic heterocycles. The molecule has 1 fully saturated rings. The van der Waals surface area contributed by atoms with Crippen LogP contribution in [0.25, 0.3) is 0 Å². The molecule has 7 heteroatoms. The van der Waals surface area contributed by atoms with Crippen molar-refractivity contribution in [2.45, 2.75) is 31.1 Å². The summed E-state index contributed by atoms with van der Waals surface area (Å²) in [5.74, 6) is 0.481. The van der Waals surface area contributed by atoms with Crippen molar-refractivity contribution in [3.63, 3.8) is 0 Å². The van der Waals surface area contributed by atoms with Gasteiger partial charge in [-0.3, -0.25) is 4.79 Å². The minimum atomic E-state index is -0.0479. The van der Waals surface area contributed by atoms with E-state index in [0.717, 1.165) is 10.7 Å². The number of amides is 1. The maximum absolute atomic E-state index is 12.5. The number of morpholine rings is 1. The average Bonchev–Trinajstić information content (AvgIpc) is 3.09. The zero-order valence-corrected chi connectivity index (χ0v) is 14.8. The number of nitrogens with zero attached hydrogens (tertiary/aromatic N) is 4. The van der Waals surface area contributed by atoms with Gasteiger partial charge in [0.15, 0.2) is 5.16 Å². The fourth-order valence-corrected chi connectivity index (χ4v) is 3.60. The van der Waals surface area contributed by atoms with E-state index in [0.29, 0.717) is 25.4 Å².